The third-order valence-corrected chi connectivity index (χ3v) is 4.56. The number of fused-ring (bicyclic) bond motifs is 1. The molecular formula is C23H24N2O3. The van der Waals surface area contributed by atoms with E-state index in [0.717, 1.165) is 35.0 Å². The van der Waals surface area contributed by atoms with Gasteiger partial charge in [0.1, 0.15) is 0 Å². The lowest BCUT2D eigenvalue weighted by molar-refractivity contribution is -0.116. The van der Waals surface area contributed by atoms with Gasteiger partial charge in [-0.3, -0.25) is 4.79 Å². The maximum atomic E-state index is 12.3. The van der Waals surface area contributed by atoms with Gasteiger partial charge in [-0.25, -0.2) is 4.79 Å². The first kappa shape index (κ1) is 19.4. The standard InChI is InChI=1S/C23H24N2O3/c1-2-13-24-19-11-10-17-14-16(7-9-18(17)15-19)8-12-22(26)25-21-6-4-3-5-20(21)23(27)28/h3-7,9-11,14-15,24H,2,8,12-13H2,1H3,(H,25,26)(H,27,28). The SMILES string of the molecule is CCCNc1ccc2cc(CCC(=O)Nc3ccccc3C(=O)O)ccc2c1. The lowest BCUT2D eigenvalue weighted by atomic mass is 10.0. The Bertz CT molecular complexity index is 998. The number of carbonyl (C=O) groups excluding carboxylic acids is 1. The van der Waals surface area contributed by atoms with E-state index in [4.69, 9.17) is 0 Å². The highest BCUT2D eigenvalue weighted by molar-refractivity contribution is 6.00. The predicted octanol–water partition coefficient (Wildman–Crippen LogP) is 4.93. The Kier molecular flexibility index (Phi) is 6.27. The van der Waals surface area contributed by atoms with Crippen LogP contribution in [0.3, 0.4) is 0 Å². The third kappa shape index (κ3) is 4.88. The van der Waals surface area contributed by atoms with Gasteiger partial charge in [0.15, 0.2) is 0 Å². The Morgan fingerprint density at radius 1 is 0.964 bits per heavy atom. The average molecular weight is 376 g/mol. The van der Waals surface area contributed by atoms with E-state index in [2.05, 4.69) is 47.9 Å². The molecule has 0 saturated heterocycles. The largest absolute Gasteiger partial charge is 0.478 e. The molecule has 0 fully saturated rings. The van der Waals surface area contributed by atoms with Gasteiger partial charge in [-0.15, -0.1) is 0 Å². The number of benzene rings is 3. The van der Waals surface area contributed by atoms with Crippen LogP contribution < -0.4 is 10.6 Å². The Morgan fingerprint density at radius 2 is 1.71 bits per heavy atom. The first-order valence-corrected chi connectivity index (χ1v) is 9.45. The van der Waals surface area contributed by atoms with Crippen LogP contribution in [-0.4, -0.2) is 23.5 Å². The molecule has 1 amide bonds. The summed E-state index contributed by atoms with van der Waals surface area (Å²) in [7, 11) is 0. The second-order valence-electron chi connectivity index (χ2n) is 6.72. The number of para-hydroxylation sites is 1. The molecule has 144 valence electrons. The first-order chi connectivity index (χ1) is 13.6. The van der Waals surface area contributed by atoms with E-state index in [9.17, 15) is 14.7 Å². The summed E-state index contributed by atoms with van der Waals surface area (Å²) in [5.74, 6) is -1.26. The Balaban J connectivity index is 1.63. The monoisotopic (exact) mass is 376 g/mol. The molecule has 3 rings (SSSR count). The van der Waals surface area contributed by atoms with E-state index in [1.807, 2.05) is 6.07 Å². The van der Waals surface area contributed by atoms with Crippen molar-refractivity contribution in [3.63, 3.8) is 0 Å². The molecule has 0 aliphatic heterocycles. The zero-order valence-electron chi connectivity index (χ0n) is 15.9. The molecule has 0 aliphatic rings. The molecule has 0 aromatic heterocycles. The zero-order valence-corrected chi connectivity index (χ0v) is 15.9. The predicted molar refractivity (Wildman–Crippen MR) is 113 cm³/mol. The maximum absolute atomic E-state index is 12.3. The summed E-state index contributed by atoms with van der Waals surface area (Å²) in [4.78, 5) is 23.5. The summed E-state index contributed by atoms with van der Waals surface area (Å²) in [5, 5.41) is 17.6. The van der Waals surface area contributed by atoms with Crippen molar-refractivity contribution in [1.29, 1.82) is 0 Å². The van der Waals surface area contributed by atoms with Crippen molar-refractivity contribution in [3.8, 4) is 0 Å². The zero-order chi connectivity index (χ0) is 19.9. The van der Waals surface area contributed by atoms with Gasteiger partial charge in [-0.1, -0.05) is 43.3 Å². The first-order valence-electron chi connectivity index (χ1n) is 9.45. The highest BCUT2D eigenvalue weighted by Crippen LogP contribution is 2.22. The van der Waals surface area contributed by atoms with Gasteiger partial charge in [0.2, 0.25) is 5.91 Å². The smallest absolute Gasteiger partial charge is 0.337 e. The molecule has 28 heavy (non-hydrogen) atoms. The molecule has 5 nitrogen and oxygen atoms in total. The lowest BCUT2D eigenvalue weighted by Crippen LogP contribution is -2.15. The summed E-state index contributed by atoms with van der Waals surface area (Å²) in [6.45, 7) is 3.08. The number of carbonyl (C=O) groups is 2. The number of anilines is 2. The minimum absolute atomic E-state index is 0.0917. The fraction of sp³-hybridized carbons (Fsp3) is 0.217. The van der Waals surface area contributed by atoms with E-state index < -0.39 is 5.97 Å². The van der Waals surface area contributed by atoms with E-state index in [1.54, 1.807) is 18.2 Å². The molecule has 3 N–H and O–H groups in total. The molecule has 3 aromatic carbocycles. The maximum Gasteiger partial charge on any atom is 0.337 e. The highest BCUT2D eigenvalue weighted by atomic mass is 16.4. The van der Waals surface area contributed by atoms with Crippen LogP contribution in [0.5, 0.6) is 0 Å². The van der Waals surface area contributed by atoms with E-state index in [0.29, 0.717) is 12.1 Å². The van der Waals surface area contributed by atoms with E-state index in [1.165, 1.54) is 6.07 Å². The number of carboxylic acids is 1. The highest BCUT2D eigenvalue weighted by Gasteiger charge is 2.11. The number of rotatable bonds is 8. The average Bonchev–Trinajstić information content (AvgIpc) is 2.70. The number of amides is 1. The molecule has 0 saturated carbocycles. The van der Waals surface area contributed by atoms with Crippen LogP contribution in [-0.2, 0) is 11.2 Å². The van der Waals surface area contributed by atoms with Gasteiger partial charge in [0, 0.05) is 18.7 Å². The Hall–Kier alpha value is -3.34. The Labute approximate surface area is 164 Å². The van der Waals surface area contributed by atoms with Gasteiger partial charge in [-0.05, 0) is 53.4 Å². The normalized spacial score (nSPS) is 10.6. The summed E-state index contributed by atoms with van der Waals surface area (Å²) >= 11 is 0. The quantitative estimate of drug-likeness (QED) is 0.521. The summed E-state index contributed by atoms with van der Waals surface area (Å²) in [5.41, 5.74) is 2.60. The van der Waals surface area contributed by atoms with Gasteiger partial charge in [0.05, 0.1) is 11.3 Å². The van der Waals surface area contributed by atoms with Crippen LogP contribution >= 0.6 is 0 Å². The van der Waals surface area contributed by atoms with Crippen molar-refractivity contribution in [2.75, 3.05) is 17.2 Å². The van der Waals surface area contributed by atoms with Gasteiger partial charge >= 0.3 is 5.97 Å². The van der Waals surface area contributed by atoms with Crippen molar-refractivity contribution in [2.45, 2.75) is 26.2 Å². The molecule has 0 atom stereocenters. The van der Waals surface area contributed by atoms with Crippen LogP contribution in [0.2, 0.25) is 0 Å². The van der Waals surface area contributed by atoms with E-state index in [-0.39, 0.29) is 17.9 Å². The molecule has 0 unspecified atom stereocenters. The van der Waals surface area contributed by atoms with Crippen molar-refractivity contribution in [3.05, 3.63) is 71.8 Å². The van der Waals surface area contributed by atoms with Crippen molar-refractivity contribution in [2.24, 2.45) is 0 Å². The van der Waals surface area contributed by atoms with Crippen LogP contribution in [0.15, 0.2) is 60.7 Å². The second-order valence-corrected chi connectivity index (χ2v) is 6.72. The van der Waals surface area contributed by atoms with Crippen LogP contribution in [0.4, 0.5) is 11.4 Å². The minimum atomic E-state index is -1.06. The minimum Gasteiger partial charge on any atom is -0.478 e. The number of aryl methyl sites for hydroxylation is 1. The fourth-order valence-electron chi connectivity index (χ4n) is 3.08. The number of aromatic carboxylic acids is 1. The number of carboxylic acid groups (broad SMARTS) is 1. The molecule has 0 bridgehead atoms. The molecular weight excluding hydrogens is 352 g/mol. The Morgan fingerprint density at radius 3 is 2.50 bits per heavy atom. The number of hydrogen-bond acceptors (Lipinski definition) is 3. The van der Waals surface area contributed by atoms with Crippen molar-refractivity contribution in [1.82, 2.24) is 0 Å². The molecule has 0 radical (unpaired) electrons. The topological polar surface area (TPSA) is 78.4 Å². The summed E-state index contributed by atoms with van der Waals surface area (Å²) in [6, 6.07) is 18.9. The molecule has 3 aromatic rings. The number of hydrogen-bond donors (Lipinski definition) is 3. The second kappa shape index (κ2) is 9.04. The fourth-order valence-corrected chi connectivity index (χ4v) is 3.08. The lowest BCUT2D eigenvalue weighted by Gasteiger charge is -2.09. The third-order valence-electron chi connectivity index (χ3n) is 4.56. The van der Waals surface area contributed by atoms with E-state index >= 15 is 0 Å². The van der Waals surface area contributed by atoms with Crippen LogP contribution in [0.25, 0.3) is 10.8 Å². The van der Waals surface area contributed by atoms with Gasteiger partial charge < -0.3 is 15.7 Å². The van der Waals surface area contributed by atoms with Crippen LogP contribution in [0, 0.1) is 0 Å². The summed E-state index contributed by atoms with van der Waals surface area (Å²) in [6.07, 6.45) is 1.96. The van der Waals surface area contributed by atoms with Crippen LogP contribution in [0.1, 0.15) is 35.7 Å². The molecule has 5 heteroatoms. The van der Waals surface area contributed by atoms with Crippen molar-refractivity contribution < 1.29 is 14.7 Å². The molecule has 0 aliphatic carbocycles. The number of nitrogens with one attached hydrogen (secondary N) is 2. The molecule has 0 heterocycles. The van der Waals surface area contributed by atoms with Gasteiger partial charge in [0.25, 0.3) is 0 Å². The molecule has 0 spiro atoms. The van der Waals surface area contributed by atoms with Crippen molar-refractivity contribution >= 4 is 34.0 Å². The summed E-state index contributed by atoms with van der Waals surface area (Å²) < 4.78 is 0. The van der Waals surface area contributed by atoms with Gasteiger partial charge in [-0.2, -0.15) is 0 Å².